The van der Waals surface area contributed by atoms with E-state index in [0.29, 0.717) is 0 Å². The molecule has 0 rings (SSSR count). The number of alkyl carbamates (subject to hydrolysis) is 1. The van der Waals surface area contributed by atoms with Crippen LogP contribution in [0.4, 0.5) is 4.79 Å². The monoisotopic (exact) mass is 259 g/mol. The van der Waals surface area contributed by atoms with E-state index in [-0.39, 0.29) is 0 Å². The second kappa shape index (κ2) is 7.00. The highest BCUT2D eigenvalue weighted by Gasteiger charge is 2.28. The molecule has 0 fully saturated rings. The highest BCUT2D eigenvalue weighted by Crippen LogP contribution is 2.08. The van der Waals surface area contributed by atoms with Gasteiger partial charge in [0.05, 0.1) is 13.2 Å². The smallest absolute Gasteiger partial charge is 0.408 e. The molecule has 1 amide bonds. The lowest BCUT2D eigenvalue weighted by Gasteiger charge is -2.23. The lowest BCUT2D eigenvalue weighted by molar-refractivity contribution is -0.151. The maximum absolute atomic E-state index is 11.5. The normalized spacial score (nSPS) is 15.0. The van der Waals surface area contributed by atoms with Gasteiger partial charge < -0.3 is 19.9 Å². The van der Waals surface area contributed by atoms with Crippen molar-refractivity contribution in [3.63, 3.8) is 0 Å². The molecular weight excluding hydrogens is 238 g/mol. The Morgan fingerprint density at radius 2 is 1.89 bits per heavy atom. The number of methoxy groups -OCH3 is 1. The van der Waals surface area contributed by atoms with E-state index in [1.165, 1.54) is 6.08 Å². The highest BCUT2D eigenvalue weighted by molar-refractivity contribution is 5.77. The van der Waals surface area contributed by atoms with Crippen LogP contribution in [0, 0.1) is 0 Å². The summed E-state index contributed by atoms with van der Waals surface area (Å²) in [7, 11) is 1.16. The van der Waals surface area contributed by atoms with Crippen LogP contribution < -0.4 is 5.32 Å². The molecule has 0 aliphatic rings. The van der Waals surface area contributed by atoms with Gasteiger partial charge in [0, 0.05) is 0 Å². The molecule has 0 aromatic heterocycles. The Labute approximate surface area is 107 Å². The number of aliphatic hydroxyl groups is 1. The first-order chi connectivity index (χ1) is 8.21. The molecule has 2 N–H and O–H groups in total. The first-order valence-corrected chi connectivity index (χ1v) is 5.59. The fraction of sp³-hybridized carbons (Fsp3) is 0.667. The predicted octanol–water partition coefficient (Wildman–Crippen LogP) is 0.990. The minimum absolute atomic E-state index is 0.652. The summed E-state index contributed by atoms with van der Waals surface area (Å²) in [5.74, 6) is -0.825. The lowest BCUT2D eigenvalue weighted by Crippen LogP contribution is -2.47. The number of hydrogen-bond acceptors (Lipinski definition) is 5. The van der Waals surface area contributed by atoms with Gasteiger partial charge in [-0.25, -0.2) is 9.59 Å². The van der Waals surface area contributed by atoms with Crippen LogP contribution in [0.3, 0.4) is 0 Å². The summed E-state index contributed by atoms with van der Waals surface area (Å²) >= 11 is 0. The Bertz CT molecular complexity index is 319. The summed E-state index contributed by atoms with van der Waals surface area (Å²) in [6.45, 7) is 6.85. The summed E-state index contributed by atoms with van der Waals surface area (Å²) in [5.41, 5.74) is -0.652. The van der Waals surface area contributed by atoms with E-state index in [0.717, 1.165) is 7.11 Å². The minimum Gasteiger partial charge on any atom is -0.467 e. The van der Waals surface area contributed by atoms with Crippen molar-refractivity contribution in [3.05, 3.63) is 12.2 Å². The molecule has 6 heteroatoms. The molecule has 104 valence electrons. The standard InChI is InChI=1S/C12H21NO5/c1-6-7-8(9(14)10(15)17-5)13-11(16)18-12(2,3)4/h6-9,14H,1-5H3,(H,13,16)/b7-6+/t8-,9+/m0/s1. The van der Waals surface area contributed by atoms with E-state index in [4.69, 9.17) is 4.74 Å². The van der Waals surface area contributed by atoms with Crippen LogP contribution >= 0.6 is 0 Å². The Morgan fingerprint density at radius 3 is 2.28 bits per heavy atom. The molecular formula is C12H21NO5. The zero-order valence-electron chi connectivity index (χ0n) is 11.4. The zero-order chi connectivity index (χ0) is 14.3. The third-order valence-electron chi connectivity index (χ3n) is 1.87. The van der Waals surface area contributed by atoms with Crippen molar-refractivity contribution >= 4 is 12.1 Å². The molecule has 6 nitrogen and oxygen atoms in total. The summed E-state index contributed by atoms with van der Waals surface area (Å²) < 4.78 is 9.44. The topological polar surface area (TPSA) is 84.9 Å². The third kappa shape index (κ3) is 6.24. The number of nitrogens with one attached hydrogen (secondary N) is 1. The molecule has 0 aliphatic heterocycles. The number of esters is 1. The molecule has 0 aromatic carbocycles. The Morgan fingerprint density at radius 1 is 1.33 bits per heavy atom. The summed E-state index contributed by atoms with van der Waals surface area (Å²) in [6, 6.07) is -0.891. The van der Waals surface area contributed by atoms with Crippen LogP contribution in [-0.4, -0.2) is 42.0 Å². The van der Waals surface area contributed by atoms with Crippen molar-refractivity contribution in [2.24, 2.45) is 0 Å². The molecule has 0 spiro atoms. The van der Waals surface area contributed by atoms with E-state index in [9.17, 15) is 14.7 Å². The average Bonchev–Trinajstić information content (AvgIpc) is 2.23. The molecule has 18 heavy (non-hydrogen) atoms. The van der Waals surface area contributed by atoms with Crippen LogP contribution in [0.15, 0.2) is 12.2 Å². The van der Waals surface area contributed by atoms with Gasteiger partial charge in [-0.1, -0.05) is 12.2 Å². The van der Waals surface area contributed by atoms with Crippen molar-refractivity contribution in [2.45, 2.75) is 45.4 Å². The van der Waals surface area contributed by atoms with Crippen molar-refractivity contribution < 1.29 is 24.2 Å². The number of aliphatic hydroxyl groups excluding tert-OH is 1. The van der Waals surface area contributed by atoms with Crippen molar-refractivity contribution in [2.75, 3.05) is 7.11 Å². The van der Waals surface area contributed by atoms with Crippen LogP contribution in [0.1, 0.15) is 27.7 Å². The second-order valence-electron chi connectivity index (χ2n) is 4.67. The fourth-order valence-electron chi connectivity index (χ4n) is 1.15. The number of carbonyl (C=O) groups is 2. The molecule has 0 saturated carbocycles. The Balaban J connectivity index is 4.63. The number of rotatable bonds is 4. The molecule has 0 bridgehead atoms. The van der Waals surface area contributed by atoms with Crippen molar-refractivity contribution in [1.29, 1.82) is 0 Å². The fourth-order valence-corrected chi connectivity index (χ4v) is 1.15. The van der Waals surface area contributed by atoms with Crippen molar-refractivity contribution in [3.8, 4) is 0 Å². The molecule has 0 aliphatic carbocycles. The zero-order valence-corrected chi connectivity index (χ0v) is 11.4. The van der Waals surface area contributed by atoms with Gasteiger partial charge in [-0.2, -0.15) is 0 Å². The van der Waals surface area contributed by atoms with Gasteiger partial charge in [0.2, 0.25) is 0 Å². The number of ether oxygens (including phenoxy) is 2. The van der Waals surface area contributed by atoms with Crippen LogP contribution in [-0.2, 0) is 14.3 Å². The Kier molecular flexibility index (Phi) is 6.40. The van der Waals surface area contributed by atoms with Gasteiger partial charge in [0.1, 0.15) is 5.60 Å². The molecule has 0 heterocycles. The first kappa shape index (κ1) is 16.4. The third-order valence-corrected chi connectivity index (χ3v) is 1.87. The molecule has 0 radical (unpaired) electrons. The van der Waals surface area contributed by atoms with Crippen LogP contribution in [0.2, 0.25) is 0 Å². The summed E-state index contributed by atoms with van der Waals surface area (Å²) in [4.78, 5) is 22.7. The van der Waals surface area contributed by atoms with Crippen LogP contribution in [0.25, 0.3) is 0 Å². The maximum atomic E-state index is 11.5. The number of amides is 1. The van der Waals surface area contributed by atoms with Gasteiger partial charge in [0.15, 0.2) is 6.10 Å². The Hall–Kier alpha value is -1.56. The number of hydrogen-bond donors (Lipinski definition) is 2. The average molecular weight is 259 g/mol. The SMILES string of the molecule is C/C=C/[C@H](NC(=O)OC(C)(C)C)[C@@H](O)C(=O)OC. The van der Waals surface area contributed by atoms with E-state index < -0.39 is 29.8 Å². The van der Waals surface area contributed by atoms with Gasteiger partial charge in [-0.05, 0) is 27.7 Å². The molecule has 0 saturated heterocycles. The van der Waals surface area contributed by atoms with Gasteiger partial charge >= 0.3 is 12.1 Å². The van der Waals surface area contributed by atoms with Gasteiger partial charge in [-0.3, -0.25) is 0 Å². The first-order valence-electron chi connectivity index (χ1n) is 5.59. The quantitative estimate of drug-likeness (QED) is 0.581. The summed E-state index contributed by atoms with van der Waals surface area (Å²) in [6.07, 6.45) is 0.895. The molecule has 2 atom stereocenters. The number of carbonyl (C=O) groups excluding carboxylic acids is 2. The lowest BCUT2D eigenvalue weighted by atomic mass is 10.1. The maximum Gasteiger partial charge on any atom is 0.408 e. The molecule has 0 aromatic rings. The predicted molar refractivity (Wildman–Crippen MR) is 66.0 cm³/mol. The van der Waals surface area contributed by atoms with Gasteiger partial charge in [0.25, 0.3) is 0 Å². The van der Waals surface area contributed by atoms with E-state index in [2.05, 4.69) is 10.1 Å². The van der Waals surface area contributed by atoms with Crippen LogP contribution in [0.5, 0.6) is 0 Å². The second-order valence-corrected chi connectivity index (χ2v) is 4.67. The highest BCUT2D eigenvalue weighted by atomic mass is 16.6. The van der Waals surface area contributed by atoms with Crippen molar-refractivity contribution in [1.82, 2.24) is 5.32 Å². The van der Waals surface area contributed by atoms with Gasteiger partial charge in [-0.15, -0.1) is 0 Å². The summed E-state index contributed by atoms with van der Waals surface area (Å²) in [5, 5.41) is 12.1. The van der Waals surface area contributed by atoms with E-state index >= 15 is 0 Å². The molecule has 0 unspecified atom stereocenters. The van der Waals surface area contributed by atoms with E-state index in [1.54, 1.807) is 33.8 Å². The largest absolute Gasteiger partial charge is 0.467 e. The minimum atomic E-state index is -1.47. The number of allylic oxidation sites excluding steroid dienone is 1. The van der Waals surface area contributed by atoms with E-state index in [1.807, 2.05) is 0 Å².